The van der Waals surface area contributed by atoms with Crippen molar-refractivity contribution in [3.05, 3.63) is 59.2 Å². The van der Waals surface area contributed by atoms with Crippen LogP contribution in [0.2, 0.25) is 0 Å². The number of likely N-dealkylation sites (N-methyl/N-ethyl adjacent to an activating group) is 1. The summed E-state index contributed by atoms with van der Waals surface area (Å²) in [6, 6.07) is 15.1. The van der Waals surface area contributed by atoms with Gasteiger partial charge in [-0.05, 0) is 62.6 Å². The maximum atomic E-state index is 6.08. The highest BCUT2D eigenvalue weighted by atomic mass is 16.5. The number of ether oxygens (including phenoxy) is 1. The van der Waals surface area contributed by atoms with Gasteiger partial charge in [0.2, 0.25) is 0 Å². The Balaban J connectivity index is 1.98. The van der Waals surface area contributed by atoms with Gasteiger partial charge >= 0.3 is 0 Å². The smallest absolute Gasteiger partial charge is 0.125 e. The van der Waals surface area contributed by atoms with Crippen LogP contribution >= 0.6 is 0 Å². The van der Waals surface area contributed by atoms with Crippen LogP contribution in [0.1, 0.15) is 23.6 Å². The van der Waals surface area contributed by atoms with Gasteiger partial charge in [-0.2, -0.15) is 0 Å². The largest absolute Gasteiger partial charge is 0.491 e. The first-order chi connectivity index (χ1) is 11.0. The van der Waals surface area contributed by atoms with Crippen LogP contribution in [-0.4, -0.2) is 26.2 Å². The van der Waals surface area contributed by atoms with E-state index in [-0.39, 0.29) is 6.04 Å². The molecule has 0 saturated carbocycles. The summed E-state index contributed by atoms with van der Waals surface area (Å²) in [6.07, 6.45) is 0.926. The Bertz CT molecular complexity index is 602. The molecular weight excluding hydrogens is 284 g/mol. The highest BCUT2D eigenvalue weighted by molar-refractivity contribution is 5.48. The molecule has 1 atom stereocenters. The Kier molecular flexibility index (Phi) is 6.05. The van der Waals surface area contributed by atoms with Crippen molar-refractivity contribution in [2.45, 2.75) is 33.2 Å². The summed E-state index contributed by atoms with van der Waals surface area (Å²) in [4.78, 5) is 2.25. The second-order valence-corrected chi connectivity index (χ2v) is 6.20. The molecule has 0 aromatic heterocycles. The monoisotopic (exact) mass is 312 g/mol. The molecular formula is C20H28N2O. The van der Waals surface area contributed by atoms with Crippen LogP contribution in [0.15, 0.2) is 42.5 Å². The van der Waals surface area contributed by atoms with E-state index < -0.39 is 0 Å². The second kappa shape index (κ2) is 8.02. The van der Waals surface area contributed by atoms with E-state index in [0.29, 0.717) is 13.2 Å². The molecule has 0 amide bonds. The van der Waals surface area contributed by atoms with Crippen LogP contribution < -0.4 is 15.4 Å². The van der Waals surface area contributed by atoms with Gasteiger partial charge < -0.3 is 15.4 Å². The van der Waals surface area contributed by atoms with E-state index in [0.717, 1.165) is 12.2 Å². The van der Waals surface area contributed by atoms with Crippen molar-refractivity contribution in [3.63, 3.8) is 0 Å². The van der Waals surface area contributed by atoms with E-state index >= 15 is 0 Å². The predicted octanol–water partition coefficient (Wildman–Crippen LogP) is 3.71. The van der Waals surface area contributed by atoms with Gasteiger partial charge in [-0.3, -0.25) is 0 Å². The molecule has 2 aromatic carbocycles. The van der Waals surface area contributed by atoms with Crippen molar-refractivity contribution >= 4 is 5.69 Å². The number of nitrogens with two attached hydrogens (primary N) is 1. The molecule has 124 valence electrons. The minimum atomic E-state index is 0.286. The number of para-hydroxylation sites is 1. The molecule has 2 N–H and O–H groups in total. The van der Waals surface area contributed by atoms with E-state index in [2.05, 4.69) is 75.2 Å². The summed E-state index contributed by atoms with van der Waals surface area (Å²) in [7, 11) is 2.11. The van der Waals surface area contributed by atoms with E-state index in [1.54, 1.807) is 0 Å². The minimum absolute atomic E-state index is 0.286. The first-order valence-corrected chi connectivity index (χ1v) is 8.23. The fourth-order valence-corrected chi connectivity index (χ4v) is 2.66. The Morgan fingerprint density at radius 1 is 1.04 bits per heavy atom. The first-order valence-electron chi connectivity index (χ1n) is 8.23. The third-order valence-corrected chi connectivity index (χ3v) is 4.32. The fraction of sp³-hybridized carbons (Fsp3) is 0.400. The second-order valence-electron chi connectivity index (χ2n) is 6.20. The molecule has 3 nitrogen and oxygen atoms in total. The fourth-order valence-electron chi connectivity index (χ4n) is 2.66. The van der Waals surface area contributed by atoms with Gasteiger partial charge in [0.15, 0.2) is 0 Å². The van der Waals surface area contributed by atoms with Gasteiger partial charge in [-0.1, -0.05) is 30.3 Å². The van der Waals surface area contributed by atoms with Crippen LogP contribution in [0.25, 0.3) is 0 Å². The van der Waals surface area contributed by atoms with Crippen molar-refractivity contribution in [2.75, 3.05) is 25.1 Å². The molecule has 1 unspecified atom stereocenters. The lowest BCUT2D eigenvalue weighted by Crippen LogP contribution is -2.34. The molecule has 0 fully saturated rings. The molecule has 23 heavy (non-hydrogen) atoms. The lowest BCUT2D eigenvalue weighted by atomic mass is 10.1. The quantitative estimate of drug-likeness (QED) is 0.847. The molecule has 0 aliphatic heterocycles. The molecule has 0 aliphatic rings. The Hall–Kier alpha value is -2.00. The summed E-state index contributed by atoms with van der Waals surface area (Å²) in [5.74, 6) is 1.01. The maximum Gasteiger partial charge on any atom is 0.125 e. The van der Waals surface area contributed by atoms with Crippen molar-refractivity contribution in [2.24, 2.45) is 5.73 Å². The maximum absolute atomic E-state index is 6.08. The summed E-state index contributed by atoms with van der Waals surface area (Å²) in [5, 5.41) is 0. The Labute approximate surface area is 140 Å². The molecule has 0 aliphatic carbocycles. The van der Waals surface area contributed by atoms with Crippen LogP contribution in [0.5, 0.6) is 5.75 Å². The van der Waals surface area contributed by atoms with E-state index in [1.165, 1.54) is 22.4 Å². The molecule has 0 saturated heterocycles. The summed E-state index contributed by atoms with van der Waals surface area (Å²) < 4.78 is 6.08. The molecule has 0 heterocycles. The first kappa shape index (κ1) is 17.4. The van der Waals surface area contributed by atoms with Gasteiger partial charge in [0.25, 0.3) is 0 Å². The van der Waals surface area contributed by atoms with Gasteiger partial charge in [0.05, 0.1) is 6.04 Å². The van der Waals surface area contributed by atoms with Gasteiger partial charge in [-0.15, -0.1) is 0 Å². The number of hydrogen-bond donors (Lipinski definition) is 1. The number of aryl methyl sites for hydroxylation is 2. The molecule has 2 aromatic rings. The predicted molar refractivity (Wildman–Crippen MR) is 98.5 cm³/mol. The topological polar surface area (TPSA) is 38.5 Å². The zero-order valence-corrected chi connectivity index (χ0v) is 14.7. The van der Waals surface area contributed by atoms with E-state index in [1.807, 2.05) is 0 Å². The molecule has 0 bridgehead atoms. The van der Waals surface area contributed by atoms with Crippen molar-refractivity contribution in [3.8, 4) is 5.75 Å². The third-order valence-electron chi connectivity index (χ3n) is 4.32. The average Bonchev–Trinajstić information content (AvgIpc) is 2.54. The van der Waals surface area contributed by atoms with Crippen LogP contribution in [-0.2, 0) is 6.42 Å². The summed E-state index contributed by atoms with van der Waals surface area (Å²) in [5.41, 5.74) is 10.5. The lowest BCUT2D eigenvalue weighted by Gasteiger charge is -2.27. The van der Waals surface area contributed by atoms with Crippen LogP contribution in [0.4, 0.5) is 5.69 Å². The third kappa shape index (κ3) is 4.49. The molecule has 0 radical (unpaired) electrons. The molecule has 0 spiro atoms. The number of nitrogens with zero attached hydrogens (tertiary/aromatic N) is 1. The average molecular weight is 312 g/mol. The summed E-state index contributed by atoms with van der Waals surface area (Å²) in [6.45, 7) is 7.71. The minimum Gasteiger partial charge on any atom is -0.491 e. The van der Waals surface area contributed by atoms with Gasteiger partial charge in [-0.25, -0.2) is 0 Å². The lowest BCUT2D eigenvalue weighted by molar-refractivity contribution is 0.289. The van der Waals surface area contributed by atoms with Crippen LogP contribution in [0, 0.1) is 13.8 Å². The number of benzene rings is 2. The van der Waals surface area contributed by atoms with E-state index in [4.69, 9.17) is 10.5 Å². The van der Waals surface area contributed by atoms with Crippen molar-refractivity contribution < 1.29 is 4.74 Å². The zero-order valence-electron chi connectivity index (χ0n) is 14.7. The van der Waals surface area contributed by atoms with Crippen molar-refractivity contribution in [1.29, 1.82) is 0 Å². The normalized spacial score (nSPS) is 12.0. The SMILES string of the molecule is Cc1cccc(C)c1OCC(C)N(C)c1ccc(CCN)cc1. The summed E-state index contributed by atoms with van der Waals surface area (Å²) >= 11 is 0. The molecule has 3 heteroatoms. The number of hydrogen-bond acceptors (Lipinski definition) is 3. The standard InChI is InChI=1S/C20H28N2O/c1-15-6-5-7-16(2)20(15)23-14-17(3)22(4)19-10-8-18(9-11-19)12-13-21/h5-11,17H,12-14,21H2,1-4H3. The van der Waals surface area contributed by atoms with Crippen molar-refractivity contribution in [1.82, 2.24) is 0 Å². The van der Waals surface area contributed by atoms with Gasteiger partial charge in [0, 0.05) is 12.7 Å². The zero-order chi connectivity index (χ0) is 16.8. The van der Waals surface area contributed by atoms with Crippen LogP contribution in [0.3, 0.4) is 0 Å². The van der Waals surface area contributed by atoms with E-state index in [9.17, 15) is 0 Å². The molecule has 2 rings (SSSR count). The Morgan fingerprint density at radius 2 is 1.65 bits per heavy atom. The number of rotatable bonds is 7. The highest BCUT2D eigenvalue weighted by Crippen LogP contribution is 2.23. The number of anilines is 1. The highest BCUT2D eigenvalue weighted by Gasteiger charge is 2.12. The Morgan fingerprint density at radius 3 is 2.22 bits per heavy atom. The van der Waals surface area contributed by atoms with Gasteiger partial charge in [0.1, 0.15) is 12.4 Å².